The normalized spacial score (nSPS) is 10.3. The number of imidazole rings is 1. The third kappa shape index (κ3) is 1.68. The van der Waals surface area contributed by atoms with E-state index < -0.39 is 0 Å². The fourth-order valence-corrected chi connectivity index (χ4v) is 1.58. The molecule has 0 unspecified atom stereocenters. The van der Waals surface area contributed by atoms with E-state index in [-0.39, 0.29) is 0 Å². The van der Waals surface area contributed by atoms with Gasteiger partial charge in [0.25, 0.3) is 0 Å². The number of nitrogens with zero attached hydrogens (tertiary/aromatic N) is 2. The van der Waals surface area contributed by atoms with Crippen LogP contribution in [0.15, 0.2) is 30.5 Å². The van der Waals surface area contributed by atoms with E-state index in [1.807, 2.05) is 32.2 Å². The monoisotopic (exact) mass is 200 g/mol. The molecule has 1 heterocycles. The second-order valence-corrected chi connectivity index (χ2v) is 3.55. The van der Waals surface area contributed by atoms with Gasteiger partial charge in [-0.1, -0.05) is 23.8 Å². The van der Waals surface area contributed by atoms with Crippen LogP contribution >= 0.6 is 0 Å². The van der Waals surface area contributed by atoms with Crippen molar-refractivity contribution in [2.24, 2.45) is 7.05 Å². The average molecular weight is 200 g/mol. The largest absolute Gasteiger partial charge is 0.325 e. The lowest BCUT2D eigenvalue weighted by Gasteiger charge is -2.03. The standard InChI is InChI=1S/C12H12N2O/c1-9-4-3-5-10(6-9)12-13-7-11(8-15)14(12)2/h3-8H,1-2H3. The highest BCUT2D eigenvalue weighted by Gasteiger charge is 2.07. The molecule has 0 aliphatic rings. The van der Waals surface area contributed by atoms with Crippen molar-refractivity contribution in [2.45, 2.75) is 6.92 Å². The Balaban J connectivity index is 2.54. The van der Waals surface area contributed by atoms with Gasteiger partial charge in [0, 0.05) is 12.6 Å². The second-order valence-electron chi connectivity index (χ2n) is 3.55. The SMILES string of the molecule is Cc1cccc(-c2ncc(C=O)n2C)c1. The van der Waals surface area contributed by atoms with Crippen LogP contribution in [0.5, 0.6) is 0 Å². The van der Waals surface area contributed by atoms with Gasteiger partial charge in [-0.15, -0.1) is 0 Å². The van der Waals surface area contributed by atoms with Crippen molar-refractivity contribution in [1.29, 1.82) is 0 Å². The molecule has 0 N–H and O–H groups in total. The number of hydrogen-bond donors (Lipinski definition) is 0. The number of carbonyl (C=O) groups is 1. The van der Waals surface area contributed by atoms with E-state index in [9.17, 15) is 4.79 Å². The first-order valence-corrected chi connectivity index (χ1v) is 4.76. The van der Waals surface area contributed by atoms with E-state index in [4.69, 9.17) is 0 Å². The Morgan fingerprint density at radius 2 is 2.20 bits per heavy atom. The van der Waals surface area contributed by atoms with Crippen molar-refractivity contribution in [3.8, 4) is 11.4 Å². The third-order valence-corrected chi connectivity index (χ3v) is 2.42. The smallest absolute Gasteiger partial charge is 0.168 e. The predicted octanol–water partition coefficient (Wildman–Crippen LogP) is 2.21. The molecular weight excluding hydrogens is 188 g/mol. The maximum atomic E-state index is 10.7. The summed E-state index contributed by atoms with van der Waals surface area (Å²) in [6.07, 6.45) is 2.40. The van der Waals surface area contributed by atoms with Crippen molar-refractivity contribution < 1.29 is 4.79 Å². The highest BCUT2D eigenvalue weighted by molar-refractivity contribution is 5.74. The fourth-order valence-electron chi connectivity index (χ4n) is 1.58. The number of aryl methyl sites for hydroxylation is 1. The van der Waals surface area contributed by atoms with Crippen LogP contribution in [-0.4, -0.2) is 15.8 Å². The van der Waals surface area contributed by atoms with Crippen LogP contribution in [0.1, 0.15) is 16.1 Å². The summed E-state index contributed by atoms with van der Waals surface area (Å²) >= 11 is 0. The number of carbonyl (C=O) groups excluding carboxylic acids is 1. The zero-order valence-corrected chi connectivity index (χ0v) is 8.77. The molecule has 0 saturated carbocycles. The van der Waals surface area contributed by atoms with Gasteiger partial charge in [-0.2, -0.15) is 0 Å². The molecule has 0 bridgehead atoms. The first-order valence-electron chi connectivity index (χ1n) is 4.76. The Morgan fingerprint density at radius 1 is 1.40 bits per heavy atom. The maximum absolute atomic E-state index is 10.7. The molecule has 0 radical (unpaired) electrons. The number of benzene rings is 1. The molecular formula is C12H12N2O. The minimum atomic E-state index is 0.589. The third-order valence-electron chi connectivity index (χ3n) is 2.42. The highest BCUT2D eigenvalue weighted by atomic mass is 16.1. The summed E-state index contributed by atoms with van der Waals surface area (Å²) in [5.74, 6) is 0.820. The van der Waals surface area contributed by atoms with Crippen molar-refractivity contribution in [1.82, 2.24) is 9.55 Å². The molecule has 0 atom stereocenters. The second kappa shape index (κ2) is 3.69. The summed E-state index contributed by atoms with van der Waals surface area (Å²) < 4.78 is 1.79. The van der Waals surface area contributed by atoms with Crippen LogP contribution in [0.25, 0.3) is 11.4 Å². The lowest BCUT2D eigenvalue weighted by Crippen LogP contribution is -1.97. The van der Waals surface area contributed by atoms with Crippen LogP contribution in [0.3, 0.4) is 0 Å². The van der Waals surface area contributed by atoms with E-state index in [0.29, 0.717) is 5.69 Å². The zero-order valence-electron chi connectivity index (χ0n) is 8.77. The van der Waals surface area contributed by atoms with Crippen LogP contribution in [-0.2, 0) is 7.05 Å². The summed E-state index contributed by atoms with van der Waals surface area (Å²) in [5, 5.41) is 0. The molecule has 0 aliphatic heterocycles. The van der Waals surface area contributed by atoms with E-state index >= 15 is 0 Å². The molecule has 76 valence electrons. The minimum absolute atomic E-state index is 0.589. The van der Waals surface area contributed by atoms with Gasteiger partial charge < -0.3 is 4.57 Å². The molecule has 0 fully saturated rings. The molecule has 15 heavy (non-hydrogen) atoms. The predicted molar refractivity (Wildman–Crippen MR) is 58.8 cm³/mol. The molecule has 0 amide bonds. The Labute approximate surface area is 88.4 Å². The lowest BCUT2D eigenvalue weighted by molar-refractivity contribution is 0.111. The van der Waals surface area contributed by atoms with Crippen LogP contribution < -0.4 is 0 Å². The number of aromatic nitrogens is 2. The summed E-state index contributed by atoms with van der Waals surface area (Å²) in [6.45, 7) is 2.03. The average Bonchev–Trinajstić information content (AvgIpc) is 2.59. The first kappa shape index (κ1) is 9.65. The highest BCUT2D eigenvalue weighted by Crippen LogP contribution is 2.18. The van der Waals surface area contributed by atoms with Gasteiger partial charge in [0.15, 0.2) is 6.29 Å². The zero-order chi connectivity index (χ0) is 10.8. The number of aldehydes is 1. The molecule has 0 saturated heterocycles. The summed E-state index contributed by atoms with van der Waals surface area (Å²) in [6, 6.07) is 8.06. The molecule has 1 aromatic carbocycles. The van der Waals surface area contributed by atoms with E-state index in [1.165, 1.54) is 5.56 Å². The van der Waals surface area contributed by atoms with Crippen molar-refractivity contribution >= 4 is 6.29 Å². The Bertz CT molecular complexity index is 500. The van der Waals surface area contributed by atoms with E-state index in [2.05, 4.69) is 11.1 Å². The van der Waals surface area contributed by atoms with Crippen molar-refractivity contribution in [2.75, 3.05) is 0 Å². The minimum Gasteiger partial charge on any atom is -0.325 e. The van der Waals surface area contributed by atoms with Crippen LogP contribution in [0.4, 0.5) is 0 Å². The van der Waals surface area contributed by atoms with E-state index in [1.54, 1.807) is 10.8 Å². The number of hydrogen-bond acceptors (Lipinski definition) is 2. The quantitative estimate of drug-likeness (QED) is 0.696. The first-order chi connectivity index (χ1) is 7.22. The molecule has 3 heteroatoms. The number of rotatable bonds is 2. The Kier molecular flexibility index (Phi) is 2.37. The Morgan fingerprint density at radius 3 is 2.80 bits per heavy atom. The van der Waals surface area contributed by atoms with Crippen molar-refractivity contribution in [3.63, 3.8) is 0 Å². The molecule has 0 spiro atoms. The van der Waals surface area contributed by atoms with Gasteiger partial charge in [-0.05, 0) is 13.0 Å². The van der Waals surface area contributed by atoms with Gasteiger partial charge in [-0.25, -0.2) is 4.98 Å². The molecule has 3 nitrogen and oxygen atoms in total. The molecule has 2 rings (SSSR count). The Hall–Kier alpha value is -1.90. The summed E-state index contributed by atoms with van der Waals surface area (Å²) in [5.41, 5.74) is 2.81. The summed E-state index contributed by atoms with van der Waals surface area (Å²) in [4.78, 5) is 14.9. The topological polar surface area (TPSA) is 34.9 Å². The van der Waals surface area contributed by atoms with Gasteiger partial charge in [0.2, 0.25) is 0 Å². The lowest BCUT2D eigenvalue weighted by atomic mass is 10.1. The molecule has 0 aliphatic carbocycles. The van der Waals surface area contributed by atoms with Crippen LogP contribution in [0.2, 0.25) is 0 Å². The summed E-state index contributed by atoms with van der Waals surface area (Å²) in [7, 11) is 1.84. The van der Waals surface area contributed by atoms with Crippen LogP contribution in [0, 0.1) is 6.92 Å². The van der Waals surface area contributed by atoms with Gasteiger partial charge >= 0.3 is 0 Å². The van der Waals surface area contributed by atoms with Gasteiger partial charge in [-0.3, -0.25) is 4.79 Å². The maximum Gasteiger partial charge on any atom is 0.168 e. The van der Waals surface area contributed by atoms with E-state index in [0.717, 1.165) is 17.7 Å². The fraction of sp³-hybridized carbons (Fsp3) is 0.167. The van der Waals surface area contributed by atoms with Gasteiger partial charge in [0.05, 0.1) is 6.20 Å². The molecule has 1 aromatic heterocycles. The van der Waals surface area contributed by atoms with Gasteiger partial charge in [0.1, 0.15) is 11.5 Å². The molecule has 2 aromatic rings. The van der Waals surface area contributed by atoms with Crippen molar-refractivity contribution in [3.05, 3.63) is 41.7 Å².